The number of anilines is 1. The van der Waals surface area contributed by atoms with E-state index in [1.165, 1.54) is 6.07 Å². The second-order valence-corrected chi connectivity index (χ2v) is 3.90. The molecule has 3 nitrogen and oxygen atoms in total. The van der Waals surface area contributed by atoms with Crippen LogP contribution in [0.3, 0.4) is 0 Å². The summed E-state index contributed by atoms with van der Waals surface area (Å²) in [4.78, 5) is 11.7. The molecular weight excluding hydrogens is 252 g/mol. The molecule has 2 rings (SSSR count). The van der Waals surface area contributed by atoms with Crippen molar-refractivity contribution in [3.8, 4) is 0 Å². The Morgan fingerprint density at radius 1 is 1.16 bits per heavy atom. The van der Waals surface area contributed by atoms with Crippen molar-refractivity contribution in [2.24, 2.45) is 0 Å². The van der Waals surface area contributed by atoms with E-state index in [2.05, 4.69) is 0 Å². The summed E-state index contributed by atoms with van der Waals surface area (Å²) in [6.07, 6.45) is 0. The van der Waals surface area contributed by atoms with E-state index in [1.54, 1.807) is 18.2 Å². The molecule has 0 radical (unpaired) electrons. The van der Waals surface area contributed by atoms with Crippen LogP contribution >= 0.6 is 0 Å². The minimum atomic E-state index is -0.679. The highest BCUT2D eigenvalue weighted by molar-refractivity contribution is 5.94. The molecule has 0 saturated heterocycles. The molecule has 0 atom stereocenters. The zero-order valence-corrected chi connectivity index (χ0v) is 9.90. The Balaban J connectivity index is 2.09. The first kappa shape index (κ1) is 13.0. The lowest BCUT2D eigenvalue weighted by atomic mass is 10.2. The fraction of sp³-hybridized carbons (Fsp3) is 0.0714. The highest BCUT2D eigenvalue weighted by Gasteiger charge is 2.12. The van der Waals surface area contributed by atoms with Crippen LogP contribution in [0.25, 0.3) is 0 Å². The first-order valence-corrected chi connectivity index (χ1v) is 5.53. The lowest BCUT2D eigenvalue weighted by Crippen LogP contribution is -2.09. The maximum absolute atomic E-state index is 13.3. The van der Waals surface area contributed by atoms with Crippen LogP contribution in [-0.2, 0) is 11.3 Å². The van der Waals surface area contributed by atoms with Gasteiger partial charge in [0.25, 0.3) is 0 Å². The number of hydrogen-bond donors (Lipinski definition) is 1. The molecule has 98 valence electrons. The van der Waals surface area contributed by atoms with Crippen molar-refractivity contribution < 1.29 is 18.3 Å². The molecule has 0 fully saturated rings. The number of hydrogen-bond acceptors (Lipinski definition) is 3. The molecule has 0 saturated carbocycles. The van der Waals surface area contributed by atoms with E-state index >= 15 is 0 Å². The van der Waals surface area contributed by atoms with Gasteiger partial charge in [-0.15, -0.1) is 0 Å². The Bertz CT molecular complexity index is 614. The Morgan fingerprint density at radius 2 is 1.89 bits per heavy atom. The molecule has 2 N–H and O–H groups in total. The maximum atomic E-state index is 13.3. The number of nitrogen functional groups attached to an aromatic ring is 1. The molecule has 0 unspecified atom stereocenters. The summed E-state index contributed by atoms with van der Waals surface area (Å²) < 4.78 is 31.2. The van der Waals surface area contributed by atoms with Crippen molar-refractivity contribution in [2.75, 3.05) is 5.73 Å². The molecule has 0 bridgehead atoms. The average molecular weight is 263 g/mol. The molecule has 0 heterocycles. The van der Waals surface area contributed by atoms with Crippen molar-refractivity contribution in [2.45, 2.75) is 6.61 Å². The minimum Gasteiger partial charge on any atom is -0.457 e. The summed E-state index contributed by atoms with van der Waals surface area (Å²) in [5.74, 6) is -1.90. The summed E-state index contributed by atoms with van der Waals surface area (Å²) in [5, 5.41) is 0. The van der Waals surface area contributed by atoms with Gasteiger partial charge in [0.05, 0.1) is 5.56 Å². The molecular formula is C14H11F2NO2. The van der Waals surface area contributed by atoms with Gasteiger partial charge in [-0.3, -0.25) is 0 Å². The van der Waals surface area contributed by atoms with E-state index in [0.717, 1.165) is 18.2 Å². The largest absolute Gasteiger partial charge is 0.457 e. The minimum absolute atomic E-state index is 0.0251. The van der Waals surface area contributed by atoms with Gasteiger partial charge < -0.3 is 10.5 Å². The highest BCUT2D eigenvalue weighted by Crippen LogP contribution is 2.15. The van der Waals surface area contributed by atoms with Crippen LogP contribution in [0.4, 0.5) is 14.5 Å². The summed E-state index contributed by atoms with van der Waals surface area (Å²) >= 11 is 0. The van der Waals surface area contributed by atoms with Gasteiger partial charge in [0.15, 0.2) is 0 Å². The van der Waals surface area contributed by atoms with Gasteiger partial charge in [-0.05, 0) is 30.3 Å². The Hall–Kier alpha value is -2.43. The highest BCUT2D eigenvalue weighted by atomic mass is 19.1. The quantitative estimate of drug-likeness (QED) is 0.684. The second kappa shape index (κ2) is 5.48. The number of para-hydroxylation sites is 1. The normalized spacial score (nSPS) is 10.2. The van der Waals surface area contributed by atoms with Crippen LogP contribution in [0.2, 0.25) is 0 Å². The third kappa shape index (κ3) is 3.07. The van der Waals surface area contributed by atoms with Crippen LogP contribution < -0.4 is 5.73 Å². The van der Waals surface area contributed by atoms with E-state index in [-0.39, 0.29) is 23.4 Å². The van der Waals surface area contributed by atoms with Crippen LogP contribution in [0, 0.1) is 11.6 Å². The fourth-order valence-corrected chi connectivity index (χ4v) is 1.56. The molecule has 0 spiro atoms. The van der Waals surface area contributed by atoms with Crippen molar-refractivity contribution in [1.82, 2.24) is 0 Å². The smallest absolute Gasteiger partial charge is 0.340 e. The van der Waals surface area contributed by atoms with Crippen LogP contribution in [0.5, 0.6) is 0 Å². The molecule has 2 aromatic carbocycles. The van der Waals surface area contributed by atoms with Gasteiger partial charge in [-0.1, -0.05) is 12.1 Å². The Morgan fingerprint density at radius 3 is 2.63 bits per heavy atom. The molecule has 0 amide bonds. The van der Waals surface area contributed by atoms with Gasteiger partial charge in [-0.25, -0.2) is 13.6 Å². The Kier molecular flexibility index (Phi) is 3.75. The first-order chi connectivity index (χ1) is 9.08. The van der Waals surface area contributed by atoms with Crippen LogP contribution in [-0.4, -0.2) is 5.97 Å². The SMILES string of the molecule is Nc1ccccc1C(=O)OCc1cc(F)ccc1F. The number of benzene rings is 2. The van der Waals surface area contributed by atoms with E-state index in [1.807, 2.05) is 0 Å². The summed E-state index contributed by atoms with van der Waals surface area (Å²) in [7, 11) is 0. The van der Waals surface area contributed by atoms with Crippen molar-refractivity contribution in [3.63, 3.8) is 0 Å². The van der Waals surface area contributed by atoms with E-state index in [0.29, 0.717) is 0 Å². The van der Waals surface area contributed by atoms with Crippen molar-refractivity contribution >= 4 is 11.7 Å². The van der Waals surface area contributed by atoms with E-state index in [4.69, 9.17) is 10.5 Å². The standard InChI is InChI=1S/C14H11F2NO2/c15-10-5-6-12(16)9(7-10)8-19-14(18)11-3-1-2-4-13(11)17/h1-7H,8,17H2. The molecule has 2 aromatic rings. The third-order valence-corrected chi connectivity index (χ3v) is 2.55. The molecule has 0 aromatic heterocycles. The molecule has 19 heavy (non-hydrogen) atoms. The zero-order chi connectivity index (χ0) is 13.8. The lowest BCUT2D eigenvalue weighted by Gasteiger charge is -2.07. The zero-order valence-electron chi connectivity index (χ0n) is 9.90. The number of halogens is 2. The van der Waals surface area contributed by atoms with Gasteiger partial charge >= 0.3 is 5.97 Å². The van der Waals surface area contributed by atoms with Gasteiger partial charge in [0.1, 0.15) is 18.2 Å². The Labute approximate surface area is 108 Å². The average Bonchev–Trinajstić information content (AvgIpc) is 2.40. The van der Waals surface area contributed by atoms with Crippen molar-refractivity contribution in [1.29, 1.82) is 0 Å². The number of esters is 1. The first-order valence-electron chi connectivity index (χ1n) is 5.53. The predicted octanol–water partition coefficient (Wildman–Crippen LogP) is 2.90. The predicted molar refractivity (Wildman–Crippen MR) is 66.3 cm³/mol. The monoisotopic (exact) mass is 263 g/mol. The van der Waals surface area contributed by atoms with Crippen molar-refractivity contribution in [3.05, 3.63) is 65.2 Å². The topological polar surface area (TPSA) is 52.3 Å². The number of ether oxygens (including phenoxy) is 1. The summed E-state index contributed by atoms with van der Waals surface area (Å²) in [6.45, 7) is -0.350. The number of carbonyl (C=O) groups is 1. The summed E-state index contributed by atoms with van der Waals surface area (Å²) in [6, 6.07) is 9.33. The fourth-order valence-electron chi connectivity index (χ4n) is 1.56. The van der Waals surface area contributed by atoms with Gasteiger partial charge in [0.2, 0.25) is 0 Å². The van der Waals surface area contributed by atoms with E-state index in [9.17, 15) is 13.6 Å². The van der Waals surface area contributed by atoms with E-state index < -0.39 is 17.6 Å². The molecule has 0 aliphatic heterocycles. The molecule has 0 aliphatic carbocycles. The number of nitrogens with two attached hydrogens (primary N) is 1. The number of carbonyl (C=O) groups excluding carboxylic acids is 1. The lowest BCUT2D eigenvalue weighted by molar-refractivity contribution is 0.0470. The van der Waals surface area contributed by atoms with Crippen LogP contribution in [0.15, 0.2) is 42.5 Å². The third-order valence-electron chi connectivity index (χ3n) is 2.55. The maximum Gasteiger partial charge on any atom is 0.340 e. The van der Waals surface area contributed by atoms with Gasteiger partial charge in [-0.2, -0.15) is 0 Å². The van der Waals surface area contributed by atoms with Crippen LogP contribution in [0.1, 0.15) is 15.9 Å². The molecule has 5 heteroatoms. The number of rotatable bonds is 3. The summed E-state index contributed by atoms with van der Waals surface area (Å²) in [5.41, 5.74) is 6.05. The molecule has 0 aliphatic rings. The van der Waals surface area contributed by atoms with Gasteiger partial charge in [0, 0.05) is 11.3 Å². The second-order valence-electron chi connectivity index (χ2n) is 3.90.